The Hall–Kier alpha value is -1.30. The fourth-order valence-corrected chi connectivity index (χ4v) is 3.10. The maximum absolute atomic E-state index is 12.3. The lowest BCUT2D eigenvalue weighted by Crippen LogP contribution is -2.50. The first-order valence-corrected chi connectivity index (χ1v) is 8.58. The highest BCUT2D eigenvalue weighted by Gasteiger charge is 2.23. The topological polar surface area (TPSA) is 59.6 Å². The standard InChI is InChI=1S/C18H26N2O3.ClH/c1-13-8-9-19-11-17(13)20-18(21)14-4-6-15(7-5-14)23-12-16-3-2-10-22-16;/h4-7,13,16-17,19H,2-3,8-12H2,1H3,(H,20,21);1H. The predicted molar refractivity (Wildman–Crippen MR) is 96.1 cm³/mol. The summed E-state index contributed by atoms with van der Waals surface area (Å²) in [5.74, 6) is 1.27. The summed E-state index contributed by atoms with van der Waals surface area (Å²) < 4.78 is 11.3. The van der Waals surface area contributed by atoms with Gasteiger partial charge in [-0.1, -0.05) is 6.92 Å². The molecule has 2 heterocycles. The van der Waals surface area contributed by atoms with Crippen molar-refractivity contribution in [1.29, 1.82) is 0 Å². The lowest BCUT2D eigenvalue weighted by Gasteiger charge is -2.30. The zero-order chi connectivity index (χ0) is 16.1. The van der Waals surface area contributed by atoms with Crippen molar-refractivity contribution in [3.8, 4) is 5.75 Å². The molecule has 2 saturated heterocycles. The average molecular weight is 355 g/mol. The van der Waals surface area contributed by atoms with Crippen LogP contribution in [0.2, 0.25) is 0 Å². The normalized spacial score (nSPS) is 26.5. The molecule has 1 aromatic rings. The summed E-state index contributed by atoms with van der Waals surface area (Å²) in [6.45, 7) is 5.48. The summed E-state index contributed by atoms with van der Waals surface area (Å²) in [6, 6.07) is 7.55. The number of piperidine rings is 1. The van der Waals surface area contributed by atoms with Crippen LogP contribution in [0, 0.1) is 5.92 Å². The number of nitrogens with one attached hydrogen (secondary N) is 2. The predicted octanol–water partition coefficient (Wildman–Crippen LogP) is 2.39. The Morgan fingerprint density at radius 3 is 2.79 bits per heavy atom. The fraction of sp³-hybridized carbons (Fsp3) is 0.611. The lowest BCUT2D eigenvalue weighted by molar-refractivity contribution is 0.0679. The van der Waals surface area contributed by atoms with Crippen molar-refractivity contribution in [2.45, 2.75) is 38.3 Å². The van der Waals surface area contributed by atoms with Gasteiger partial charge in [-0.05, 0) is 56.0 Å². The van der Waals surface area contributed by atoms with Crippen LogP contribution in [0.15, 0.2) is 24.3 Å². The molecule has 2 fully saturated rings. The Morgan fingerprint density at radius 1 is 1.33 bits per heavy atom. The van der Waals surface area contributed by atoms with Crippen molar-refractivity contribution < 1.29 is 14.3 Å². The second-order valence-corrected chi connectivity index (χ2v) is 6.52. The largest absolute Gasteiger partial charge is 0.491 e. The molecule has 1 amide bonds. The van der Waals surface area contributed by atoms with E-state index in [4.69, 9.17) is 9.47 Å². The zero-order valence-corrected chi connectivity index (χ0v) is 14.9. The van der Waals surface area contributed by atoms with Crippen LogP contribution in [0.4, 0.5) is 0 Å². The molecule has 0 bridgehead atoms. The molecular weight excluding hydrogens is 328 g/mol. The van der Waals surface area contributed by atoms with Crippen LogP contribution >= 0.6 is 12.4 Å². The van der Waals surface area contributed by atoms with Crippen LogP contribution < -0.4 is 15.4 Å². The Kier molecular flexibility index (Phi) is 7.34. The summed E-state index contributed by atoms with van der Waals surface area (Å²) in [6.07, 6.45) is 3.48. The smallest absolute Gasteiger partial charge is 0.251 e. The molecule has 0 aliphatic carbocycles. The first-order valence-electron chi connectivity index (χ1n) is 8.58. The van der Waals surface area contributed by atoms with Crippen molar-refractivity contribution in [3.63, 3.8) is 0 Å². The van der Waals surface area contributed by atoms with Crippen molar-refractivity contribution >= 4 is 18.3 Å². The van der Waals surface area contributed by atoms with Crippen LogP contribution in [0.1, 0.15) is 36.5 Å². The molecule has 0 radical (unpaired) electrons. The van der Waals surface area contributed by atoms with E-state index < -0.39 is 0 Å². The SMILES string of the molecule is CC1CCNCC1NC(=O)c1ccc(OCC2CCCO2)cc1.Cl. The second-order valence-electron chi connectivity index (χ2n) is 6.52. The highest BCUT2D eigenvalue weighted by molar-refractivity contribution is 5.94. The van der Waals surface area contributed by atoms with E-state index in [2.05, 4.69) is 17.6 Å². The lowest BCUT2D eigenvalue weighted by atomic mass is 9.94. The Morgan fingerprint density at radius 2 is 2.12 bits per heavy atom. The molecule has 1 aromatic carbocycles. The number of amides is 1. The van der Waals surface area contributed by atoms with Crippen LogP contribution in [0.25, 0.3) is 0 Å². The maximum Gasteiger partial charge on any atom is 0.251 e. The van der Waals surface area contributed by atoms with E-state index in [0.717, 1.165) is 44.7 Å². The summed E-state index contributed by atoms with van der Waals surface area (Å²) in [5, 5.41) is 6.45. The van der Waals surface area contributed by atoms with Gasteiger partial charge >= 0.3 is 0 Å². The summed E-state index contributed by atoms with van der Waals surface area (Å²) in [4.78, 5) is 12.3. The third kappa shape index (κ3) is 5.10. The molecule has 3 unspecified atom stereocenters. The minimum absolute atomic E-state index is 0. The molecule has 0 saturated carbocycles. The number of hydrogen-bond acceptors (Lipinski definition) is 4. The monoisotopic (exact) mass is 354 g/mol. The molecule has 3 atom stereocenters. The van der Waals surface area contributed by atoms with E-state index >= 15 is 0 Å². The van der Waals surface area contributed by atoms with E-state index in [0.29, 0.717) is 18.1 Å². The van der Waals surface area contributed by atoms with Gasteiger partial charge in [0.2, 0.25) is 0 Å². The van der Waals surface area contributed by atoms with Crippen LogP contribution in [-0.2, 0) is 4.74 Å². The quantitative estimate of drug-likeness (QED) is 0.852. The summed E-state index contributed by atoms with van der Waals surface area (Å²) in [5.41, 5.74) is 0.673. The number of carbonyl (C=O) groups is 1. The summed E-state index contributed by atoms with van der Waals surface area (Å²) >= 11 is 0. The molecule has 2 aliphatic rings. The first-order chi connectivity index (χ1) is 11.2. The number of rotatable bonds is 5. The number of carbonyl (C=O) groups excluding carboxylic acids is 1. The molecule has 3 rings (SSSR count). The van der Waals surface area contributed by atoms with Crippen LogP contribution in [-0.4, -0.2) is 44.4 Å². The minimum atomic E-state index is -0.0174. The molecule has 5 nitrogen and oxygen atoms in total. The second kappa shape index (κ2) is 9.25. The molecule has 134 valence electrons. The maximum atomic E-state index is 12.3. The van der Waals surface area contributed by atoms with E-state index in [1.807, 2.05) is 24.3 Å². The average Bonchev–Trinajstić information content (AvgIpc) is 3.09. The molecule has 0 aromatic heterocycles. The van der Waals surface area contributed by atoms with Crippen LogP contribution in [0.5, 0.6) is 5.75 Å². The van der Waals surface area contributed by atoms with Gasteiger partial charge < -0.3 is 20.1 Å². The van der Waals surface area contributed by atoms with Gasteiger partial charge in [-0.25, -0.2) is 0 Å². The van der Waals surface area contributed by atoms with Gasteiger partial charge in [0.05, 0.1) is 6.10 Å². The molecule has 6 heteroatoms. The van der Waals surface area contributed by atoms with Crippen molar-refractivity contribution in [1.82, 2.24) is 10.6 Å². The van der Waals surface area contributed by atoms with Gasteiger partial charge in [-0.2, -0.15) is 0 Å². The number of halogens is 1. The highest BCUT2D eigenvalue weighted by atomic mass is 35.5. The third-order valence-corrected chi connectivity index (χ3v) is 4.72. The Balaban J connectivity index is 0.00000208. The van der Waals surface area contributed by atoms with Crippen molar-refractivity contribution in [2.24, 2.45) is 5.92 Å². The van der Waals surface area contributed by atoms with Gasteiger partial charge in [0.25, 0.3) is 5.91 Å². The molecular formula is C18H27ClN2O3. The summed E-state index contributed by atoms with van der Waals surface area (Å²) in [7, 11) is 0. The zero-order valence-electron chi connectivity index (χ0n) is 14.1. The van der Waals surface area contributed by atoms with Gasteiger partial charge in [0.15, 0.2) is 0 Å². The molecule has 2 N–H and O–H groups in total. The number of benzene rings is 1. The van der Waals surface area contributed by atoms with E-state index in [1.54, 1.807) is 0 Å². The van der Waals surface area contributed by atoms with E-state index in [-0.39, 0.29) is 30.5 Å². The fourth-order valence-electron chi connectivity index (χ4n) is 3.10. The van der Waals surface area contributed by atoms with Crippen LogP contribution in [0.3, 0.4) is 0 Å². The minimum Gasteiger partial charge on any atom is -0.491 e. The Bertz CT molecular complexity index is 518. The van der Waals surface area contributed by atoms with Gasteiger partial charge in [0, 0.05) is 24.8 Å². The Labute approximate surface area is 149 Å². The highest BCUT2D eigenvalue weighted by Crippen LogP contribution is 2.17. The number of ether oxygens (including phenoxy) is 2. The van der Waals surface area contributed by atoms with Crippen molar-refractivity contribution in [3.05, 3.63) is 29.8 Å². The molecule has 0 spiro atoms. The van der Waals surface area contributed by atoms with Crippen molar-refractivity contribution in [2.75, 3.05) is 26.3 Å². The van der Waals surface area contributed by atoms with E-state index in [9.17, 15) is 4.79 Å². The number of hydrogen-bond donors (Lipinski definition) is 2. The molecule has 2 aliphatic heterocycles. The molecule has 24 heavy (non-hydrogen) atoms. The van der Waals surface area contributed by atoms with Gasteiger partial charge in [-0.15, -0.1) is 12.4 Å². The van der Waals surface area contributed by atoms with Gasteiger partial charge in [0.1, 0.15) is 12.4 Å². The van der Waals surface area contributed by atoms with E-state index in [1.165, 1.54) is 0 Å². The first kappa shape index (κ1) is 19.0. The third-order valence-electron chi connectivity index (χ3n) is 4.72. The van der Waals surface area contributed by atoms with Gasteiger partial charge in [-0.3, -0.25) is 4.79 Å².